The molecule has 3 unspecified atom stereocenters. The Balaban J connectivity index is 1.35. The summed E-state index contributed by atoms with van der Waals surface area (Å²) in [6.45, 7) is 4.62. The second-order valence-electron chi connectivity index (χ2n) is 9.53. The van der Waals surface area contributed by atoms with Crippen molar-refractivity contribution in [2.45, 2.75) is 76.3 Å². The van der Waals surface area contributed by atoms with Gasteiger partial charge in [-0.05, 0) is 49.8 Å². The minimum Gasteiger partial charge on any atom is -0.497 e. The van der Waals surface area contributed by atoms with E-state index < -0.39 is 0 Å². The lowest BCUT2D eigenvalue weighted by molar-refractivity contribution is -0.125. The van der Waals surface area contributed by atoms with Gasteiger partial charge in [-0.2, -0.15) is 0 Å². The molecule has 0 spiro atoms. The summed E-state index contributed by atoms with van der Waals surface area (Å²) in [5, 5.41) is -0.362. The average molecular weight is 487 g/mol. The van der Waals surface area contributed by atoms with Gasteiger partial charge in [0, 0.05) is 18.5 Å². The van der Waals surface area contributed by atoms with E-state index in [9.17, 15) is 9.59 Å². The zero-order chi connectivity index (χ0) is 24.2. The summed E-state index contributed by atoms with van der Waals surface area (Å²) < 4.78 is 17.8. The van der Waals surface area contributed by atoms with Crippen LogP contribution in [0.5, 0.6) is 5.75 Å². The fourth-order valence-corrected chi connectivity index (χ4v) is 5.78. The average Bonchev–Trinajstić information content (AvgIpc) is 3.39. The van der Waals surface area contributed by atoms with Gasteiger partial charge in [0.1, 0.15) is 17.2 Å². The Morgan fingerprint density at radius 1 is 1.24 bits per heavy atom. The Kier molecular flexibility index (Phi) is 7.99. The lowest BCUT2D eigenvalue weighted by Crippen LogP contribution is -2.28. The van der Waals surface area contributed by atoms with Crippen LogP contribution in [0, 0.1) is 5.92 Å². The van der Waals surface area contributed by atoms with Gasteiger partial charge in [-0.15, -0.1) is 0 Å². The fourth-order valence-electron chi connectivity index (χ4n) is 4.78. The summed E-state index contributed by atoms with van der Waals surface area (Å²) in [5.41, 5.74) is 1.73. The van der Waals surface area contributed by atoms with Crippen LogP contribution < -0.4 is 4.74 Å². The van der Waals surface area contributed by atoms with Crippen molar-refractivity contribution in [1.29, 1.82) is 0 Å². The van der Waals surface area contributed by atoms with Gasteiger partial charge < -0.3 is 13.9 Å². The highest BCUT2D eigenvalue weighted by Crippen LogP contribution is 2.35. The minimum atomic E-state index is -0.224. The second kappa shape index (κ2) is 11.0. The third kappa shape index (κ3) is 5.66. The molecule has 184 valence electrons. The number of thioether (sulfide) groups is 1. The lowest BCUT2D eigenvalue weighted by atomic mass is 9.84. The number of rotatable bonds is 9. The van der Waals surface area contributed by atoms with E-state index in [4.69, 9.17) is 18.9 Å². The number of benzene rings is 1. The highest BCUT2D eigenvalue weighted by molar-refractivity contribution is 8.15. The molecule has 2 fully saturated rings. The van der Waals surface area contributed by atoms with Crippen LogP contribution in [0.15, 0.2) is 28.7 Å². The van der Waals surface area contributed by atoms with Crippen LogP contribution in [0.25, 0.3) is 11.5 Å². The number of hydrogen-bond donors (Lipinski definition) is 0. The number of oxazole rings is 1. The maximum Gasteiger partial charge on any atom is 0.288 e. The molecule has 4 rings (SSSR count). The van der Waals surface area contributed by atoms with E-state index in [0.29, 0.717) is 18.4 Å². The van der Waals surface area contributed by atoms with Crippen LogP contribution in [0.3, 0.4) is 0 Å². The van der Waals surface area contributed by atoms with E-state index in [1.165, 1.54) is 16.7 Å². The van der Waals surface area contributed by atoms with Crippen LogP contribution >= 0.6 is 11.8 Å². The molecule has 1 aromatic carbocycles. The van der Waals surface area contributed by atoms with Gasteiger partial charge in [-0.1, -0.05) is 44.5 Å². The Morgan fingerprint density at radius 2 is 2.06 bits per heavy atom. The number of carbonyl (C=O) groups excluding carboxylic acids is 2. The predicted octanol–water partition coefficient (Wildman–Crippen LogP) is 6.02. The molecule has 3 atom stereocenters. The van der Waals surface area contributed by atoms with Gasteiger partial charge >= 0.3 is 0 Å². The Bertz CT molecular complexity index is 1020. The molecule has 1 saturated heterocycles. The summed E-state index contributed by atoms with van der Waals surface area (Å²) in [5.74, 6) is 2.87. The van der Waals surface area contributed by atoms with E-state index in [1.807, 2.05) is 24.3 Å². The van der Waals surface area contributed by atoms with Crippen molar-refractivity contribution in [3.8, 4) is 17.2 Å². The number of hydrogen-bond acceptors (Lipinski definition) is 7. The zero-order valence-electron chi connectivity index (χ0n) is 20.4. The van der Waals surface area contributed by atoms with Gasteiger partial charge in [0.15, 0.2) is 0 Å². The molecule has 1 aliphatic carbocycles. The van der Waals surface area contributed by atoms with Crippen molar-refractivity contribution in [1.82, 2.24) is 9.88 Å². The minimum absolute atomic E-state index is 0.0577. The first kappa shape index (κ1) is 24.8. The SMILES string of the molecule is COc1cccc(-c2nc(COC3CCCC(CCC4SC(=O)N(C)C4=O)C3)c(C(C)C)o2)c1. The Morgan fingerprint density at radius 3 is 2.76 bits per heavy atom. The molecule has 2 aliphatic rings. The quantitative estimate of drug-likeness (QED) is 0.428. The van der Waals surface area contributed by atoms with Crippen LogP contribution in [-0.2, 0) is 16.1 Å². The van der Waals surface area contributed by atoms with Crippen molar-refractivity contribution in [2.75, 3.05) is 14.2 Å². The van der Waals surface area contributed by atoms with Crippen molar-refractivity contribution in [3.63, 3.8) is 0 Å². The van der Waals surface area contributed by atoms with Gasteiger partial charge in [0.25, 0.3) is 5.24 Å². The predicted molar refractivity (Wildman–Crippen MR) is 132 cm³/mol. The third-order valence-electron chi connectivity index (χ3n) is 6.72. The highest BCUT2D eigenvalue weighted by atomic mass is 32.2. The van der Waals surface area contributed by atoms with Crippen LogP contribution in [0.1, 0.15) is 69.7 Å². The molecule has 2 amide bonds. The maximum absolute atomic E-state index is 12.2. The molecular formula is C26H34N2O5S. The Labute approximate surface area is 205 Å². The Hall–Kier alpha value is -2.32. The molecule has 0 N–H and O–H groups in total. The summed E-state index contributed by atoms with van der Waals surface area (Å²) in [4.78, 5) is 29.9. The smallest absolute Gasteiger partial charge is 0.288 e. The standard InChI is InChI=1S/C26H34N2O5S/c1-16(2)23-21(27-24(33-23)18-8-6-9-19(14-18)31-4)15-32-20-10-5-7-17(13-20)11-12-22-25(29)28(3)26(30)34-22/h6,8-9,14,16-17,20,22H,5,7,10-13,15H2,1-4H3. The molecular weight excluding hydrogens is 452 g/mol. The van der Waals surface area contributed by atoms with Gasteiger partial charge in [-0.25, -0.2) is 4.98 Å². The number of ether oxygens (including phenoxy) is 2. The number of nitrogens with zero attached hydrogens (tertiary/aromatic N) is 2. The van der Waals surface area contributed by atoms with Gasteiger partial charge in [0.2, 0.25) is 11.8 Å². The van der Waals surface area contributed by atoms with Crippen LogP contribution in [0.2, 0.25) is 0 Å². The summed E-state index contributed by atoms with van der Waals surface area (Å²) >= 11 is 1.17. The number of amides is 2. The molecule has 0 bridgehead atoms. The third-order valence-corrected chi connectivity index (χ3v) is 7.92. The van der Waals surface area contributed by atoms with Gasteiger partial charge in [-0.3, -0.25) is 14.5 Å². The van der Waals surface area contributed by atoms with E-state index >= 15 is 0 Å². The molecule has 2 aromatic rings. The van der Waals surface area contributed by atoms with Crippen molar-refractivity contribution in [2.24, 2.45) is 5.92 Å². The molecule has 1 saturated carbocycles. The normalized spacial score (nSPS) is 23.2. The first-order valence-electron chi connectivity index (χ1n) is 12.1. The number of imide groups is 1. The van der Waals surface area contributed by atoms with Crippen LogP contribution in [0.4, 0.5) is 4.79 Å². The van der Waals surface area contributed by atoms with E-state index in [1.54, 1.807) is 14.2 Å². The first-order valence-corrected chi connectivity index (χ1v) is 13.0. The molecule has 0 radical (unpaired) electrons. The van der Waals surface area contributed by atoms with Crippen molar-refractivity contribution < 1.29 is 23.5 Å². The van der Waals surface area contributed by atoms with E-state index in [-0.39, 0.29) is 28.4 Å². The summed E-state index contributed by atoms with van der Waals surface area (Å²) in [7, 11) is 3.21. The van der Waals surface area contributed by atoms with E-state index in [2.05, 4.69) is 13.8 Å². The molecule has 7 nitrogen and oxygen atoms in total. The monoisotopic (exact) mass is 486 g/mol. The van der Waals surface area contributed by atoms with Crippen molar-refractivity contribution in [3.05, 3.63) is 35.7 Å². The molecule has 8 heteroatoms. The topological polar surface area (TPSA) is 81.9 Å². The number of methoxy groups -OCH3 is 1. The fraction of sp³-hybridized carbons (Fsp3) is 0.577. The largest absolute Gasteiger partial charge is 0.497 e. The summed E-state index contributed by atoms with van der Waals surface area (Å²) in [6, 6.07) is 7.71. The number of carbonyl (C=O) groups is 2. The van der Waals surface area contributed by atoms with E-state index in [0.717, 1.165) is 61.3 Å². The second-order valence-corrected chi connectivity index (χ2v) is 10.7. The van der Waals surface area contributed by atoms with Crippen molar-refractivity contribution >= 4 is 22.9 Å². The molecule has 1 aromatic heterocycles. The summed E-state index contributed by atoms with van der Waals surface area (Å²) in [6.07, 6.45) is 6.15. The molecule has 1 aliphatic heterocycles. The highest BCUT2D eigenvalue weighted by Gasteiger charge is 2.37. The number of aromatic nitrogens is 1. The molecule has 2 heterocycles. The molecule has 34 heavy (non-hydrogen) atoms. The lowest BCUT2D eigenvalue weighted by Gasteiger charge is -2.29. The van der Waals surface area contributed by atoms with Gasteiger partial charge in [0.05, 0.1) is 25.1 Å². The first-order chi connectivity index (χ1) is 16.4. The zero-order valence-corrected chi connectivity index (χ0v) is 21.2. The maximum atomic E-state index is 12.2. The van der Waals surface area contributed by atoms with Crippen LogP contribution in [-0.4, -0.2) is 46.5 Å².